The molecule has 3 rings (SSSR count). The number of hydrogen-bond donors (Lipinski definition) is 2. The van der Waals surface area contributed by atoms with Crippen LogP contribution in [0.4, 0.5) is 5.69 Å². The van der Waals surface area contributed by atoms with Crippen molar-refractivity contribution in [2.45, 2.75) is 13.0 Å². The lowest BCUT2D eigenvalue weighted by Crippen LogP contribution is -2.32. The van der Waals surface area contributed by atoms with Gasteiger partial charge in [0, 0.05) is 12.2 Å². The van der Waals surface area contributed by atoms with Gasteiger partial charge in [-0.05, 0) is 42.8 Å². The van der Waals surface area contributed by atoms with Crippen molar-refractivity contribution in [3.63, 3.8) is 0 Å². The third-order valence-corrected chi connectivity index (χ3v) is 3.85. The molecule has 2 aromatic carbocycles. The van der Waals surface area contributed by atoms with E-state index >= 15 is 0 Å². The quantitative estimate of drug-likeness (QED) is 0.905. The van der Waals surface area contributed by atoms with Crippen molar-refractivity contribution in [3.05, 3.63) is 59.7 Å². The zero-order valence-electron chi connectivity index (χ0n) is 13.0. The maximum absolute atomic E-state index is 12.4. The summed E-state index contributed by atoms with van der Waals surface area (Å²) in [6.07, 6.45) is 0.722. The van der Waals surface area contributed by atoms with Crippen LogP contribution in [0.1, 0.15) is 11.1 Å². The van der Waals surface area contributed by atoms with Crippen molar-refractivity contribution in [1.29, 1.82) is 0 Å². The molecule has 2 N–H and O–H groups in total. The summed E-state index contributed by atoms with van der Waals surface area (Å²) in [6, 6.07) is 15.8. The average Bonchev–Trinajstić information content (AvgIpc) is 2.56. The molecule has 1 heterocycles. The highest BCUT2D eigenvalue weighted by atomic mass is 35.5. The fourth-order valence-corrected chi connectivity index (χ4v) is 2.65. The van der Waals surface area contributed by atoms with Gasteiger partial charge in [0.15, 0.2) is 0 Å². The Kier molecular flexibility index (Phi) is 6.02. The molecule has 0 aromatic heterocycles. The summed E-state index contributed by atoms with van der Waals surface area (Å²) in [6.45, 7) is 1.25. The first-order valence-electron chi connectivity index (χ1n) is 7.51. The van der Waals surface area contributed by atoms with E-state index in [1.54, 1.807) is 0 Å². The van der Waals surface area contributed by atoms with Crippen molar-refractivity contribution in [2.24, 2.45) is 5.92 Å². The van der Waals surface area contributed by atoms with Gasteiger partial charge >= 0.3 is 0 Å². The topological polar surface area (TPSA) is 50.4 Å². The van der Waals surface area contributed by atoms with Crippen LogP contribution in [0.3, 0.4) is 0 Å². The molecule has 4 nitrogen and oxygen atoms in total. The monoisotopic (exact) mass is 332 g/mol. The van der Waals surface area contributed by atoms with Crippen molar-refractivity contribution in [2.75, 3.05) is 19.0 Å². The molecular weight excluding hydrogens is 312 g/mol. The van der Waals surface area contributed by atoms with Crippen molar-refractivity contribution < 1.29 is 9.53 Å². The second-order valence-corrected chi connectivity index (χ2v) is 5.54. The Balaban J connectivity index is 0.00000192. The van der Waals surface area contributed by atoms with Crippen LogP contribution in [-0.4, -0.2) is 19.6 Å². The number of amides is 1. The predicted molar refractivity (Wildman–Crippen MR) is 94.2 cm³/mol. The summed E-state index contributed by atoms with van der Waals surface area (Å²) in [5, 5.41) is 6.07. The summed E-state index contributed by atoms with van der Waals surface area (Å²) < 4.78 is 5.68. The standard InChI is InChI=1S/C18H20N2O2.ClH/c1-19-11-13-6-8-16(9-7-13)20-18(21)15-10-14-4-2-3-5-17(14)22-12-15;/h2-9,15,19H,10-12H2,1H3,(H,20,21);1H. The molecule has 1 aliphatic rings. The number of carbonyl (C=O) groups is 1. The first-order chi connectivity index (χ1) is 10.8. The molecule has 1 atom stereocenters. The van der Waals surface area contributed by atoms with Gasteiger partial charge in [-0.25, -0.2) is 0 Å². The third-order valence-electron chi connectivity index (χ3n) is 3.85. The van der Waals surface area contributed by atoms with Gasteiger partial charge in [0.05, 0.1) is 5.92 Å². The average molecular weight is 333 g/mol. The van der Waals surface area contributed by atoms with Crippen LogP contribution >= 0.6 is 12.4 Å². The fraction of sp³-hybridized carbons (Fsp3) is 0.278. The lowest BCUT2D eigenvalue weighted by Gasteiger charge is -2.24. The number of rotatable bonds is 4. The van der Waals surface area contributed by atoms with Crippen LogP contribution in [0.15, 0.2) is 48.5 Å². The van der Waals surface area contributed by atoms with Gasteiger partial charge in [0.25, 0.3) is 0 Å². The number of hydrogen-bond acceptors (Lipinski definition) is 3. The molecule has 0 radical (unpaired) electrons. The van der Waals surface area contributed by atoms with Crippen LogP contribution < -0.4 is 15.4 Å². The summed E-state index contributed by atoms with van der Waals surface area (Å²) in [7, 11) is 1.91. The van der Waals surface area contributed by atoms with E-state index in [-0.39, 0.29) is 24.2 Å². The number of carbonyl (C=O) groups excluding carboxylic acids is 1. The van der Waals surface area contributed by atoms with E-state index < -0.39 is 0 Å². The molecular formula is C18H21ClN2O2. The smallest absolute Gasteiger partial charge is 0.231 e. The number of anilines is 1. The Morgan fingerprint density at radius 1 is 1.17 bits per heavy atom. The molecule has 23 heavy (non-hydrogen) atoms. The molecule has 2 aromatic rings. The number of para-hydroxylation sites is 1. The molecule has 0 aliphatic carbocycles. The van der Waals surface area contributed by atoms with Crippen LogP contribution in [-0.2, 0) is 17.8 Å². The van der Waals surface area contributed by atoms with Gasteiger partial charge in [0.2, 0.25) is 5.91 Å². The number of benzene rings is 2. The van der Waals surface area contributed by atoms with E-state index in [1.807, 2.05) is 55.6 Å². The van der Waals surface area contributed by atoms with E-state index in [1.165, 1.54) is 5.56 Å². The minimum absolute atomic E-state index is 0. The number of halogens is 1. The SMILES string of the molecule is CNCc1ccc(NC(=O)C2COc3ccccc3C2)cc1.Cl. The molecule has 1 amide bonds. The highest BCUT2D eigenvalue weighted by molar-refractivity contribution is 5.93. The third kappa shape index (κ3) is 4.24. The first kappa shape index (κ1) is 17.3. The van der Waals surface area contributed by atoms with E-state index in [9.17, 15) is 4.79 Å². The summed E-state index contributed by atoms with van der Waals surface area (Å²) in [5.74, 6) is 0.755. The molecule has 1 aliphatic heterocycles. The van der Waals surface area contributed by atoms with Gasteiger partial charge in [-0.2, -0.15) is 0 Å². The van der Waals surface area contributed by atoms with E-state index in [4.69, 9.17) is 4.74 Å². The van der Waals surface area contributed by atoms with Gasteiger partial charge in [-0.15, -0.1) is 12.4 Å². The number of fused-ring (bicyclic) bond motifs is 1. The second kappa shape index (κ2) is 7.99. The Hall–Kier alpha value is -2.04. The zero-order valence-corrected chi connectivity index (χ0v) is 13.9. The molecule has 0 spiro atoms. The molecule has 122 valence electrons. The minimum atomic E-state index is -0.146. The summed E-state index contributed by atoms with van der Waals surface area (Å²) >= 11 is 0. The normalized spacial score (nSPS) is 15.8. The van der Waals surface area contributed by atoms with Gasteiger partial charge in [-0.3, -0.25) is 4.79 Å². The predicted octanol–water partition coefficient (Wildman–Crippen LogP) is 3.02. The molecule has 0 fully saturated rings. The maximum Gasteiger partial charge on any atom is 0.231 e. The largest absolute Gasteiger partial charge is 0.492 e. The Labute approximate surface area is 142 Å². The Morgan fingerprint density at radius 3 is 2.65 bits per heavy atom. The molecule has 1 unspecified atom stereocenters. The van der Waals surface area contributed by atoms with Gasteiger partial charge in [0.1, 0.15) is 12.4 Å². The minimum Gasteiger partial charge on any atom is -0.492 e. The second-order valence-electron chi connectivity index (χ2n) is 5.54. The molecule has 5 heteroatoms. The van der Waals surface area contributed by atoms with Crippen LogP contribution in [0, 0.1) is 5.92 Å². The van der Waals surface area contributed by atoms with Crippen molar-refractivity contribution in [3.8, 4) is 5.75 Å². The molecule has 0 saturated carbocycles. The van der Waals surface area contributed by atoms with Crippen molar-refractivity contribution in [1.82, 2.24) is 5.32 Å². The highest BCUT2D eigenvalue weighted by Crippen LogP contribution is 2.27. The van der Waals surface area contributed by atoms with E-state index in [0.29, 0.717) is 6.61 Å². The Morgan fingerprint density at radius 2 is 1.91 bits per heavy atom. The lowest BCUT2D eigenvalue weighted by molar-refractivity contribution is -0.121. The van der Waals surface area contributed by atoms with E-state index in [0.717, 1.165) is 30.0 Å². The van der Waals surface area contributed by atoms with Crippen molar-refractivity contribution >= 4 is 24.0 Å². The fourth-order valence-electron chi connectivity index (χ4n) is 2.65. The van der Waals surface area contributed by atoms with Crippen LogP contribution in [0.5, 0.6) is 5.75 Å². The van der Waals surface area contributed by atoms with Crippen LogP contribution in [0.25, 0.3) is 0 Å². The zero-order chi connectivity index (χ0) is 15.4. The Bertz CT molecular complexity index is 658. The van der Waals surface area contributed by atoms with Gasteiger partial charge in [-0.1, -0.05) is 30.3 Å². The molecule has 0 bridgehead atoms. The highest BCUT2D eigenvalue weighted by Gasteiger charge is 2.25. The summed E-state index contributed by atoms with van der Waals surface area (Å²) in [5.41, 5.74) is 3.11. The molecule has 0 saturated heterocycles. The van der Waals surface area contributed by atoms with E-state index in [2.05, 4.69) is 10.6 Å². The maximum atomic E-state index is 12.4. The number of nitrogens with one attached hydrogen (secondary N) is 2. The van der Waals surface area contributed by atoms with Gasteiger partial charge < -0.3 is 15.4 Å². The number of ether oxygens (including phenoxy) is 1. The first-order valence-corrected chi connectivity index (χ1v) is 7.51. The summed E-state index contributed by atoms with van der Waals surface area (Å²) in [4.78, 5) is 12.4. The lowest BCUT2D eigenvalue weighted by atomic mass is 9.96. The van der Waals surface area contributed by atoms with Crippen LogP contribution in [0.2, 0.25) is 0 Å².